The van der Waals surface area contributed by atoms with Crippen LogP contribution in [0.5, 0.6) is 0 Å². The first-order valence-corrected chi connectivity index (χ1v) is 9.96. The van der Waals surface area contributed by atoms with Gasteiger partial charge >= 0.3 is 5.97 Å². The number of aromatic nitrogens is 1. The van der Waals surface area contributed by atoms with Crippen LogP contribution in [0.2, 0.25) is 0 Å². The average molecular weight is 365 g/mol. The summed E-state index contributed by atoms with van der Waals surface area (Å²) in [5.41, 5.74) is 1.94. The monoisotopic (exact) mass is 364 g/mol. The molecule has 1 aromatic carbocycles. The maximum atomic E-state index is 11.9. The highest BCUT2D eigenvalue weighted by Gasteiger charge is 2.16. The Morgan fingerprint density at radius 2 is 2.22 bits per heavy atom. The Labute approximate surface area is 146 Å². The minimum Gasteiger partial charge on any atom is -0.462 e. The molecule has 0 spiro atoms. The summed E-state index contributed by atoms with van der Waals surface area (Å²) in [6.07, 6.45) is 2.05. The lowest BCUT2D eigenvalue weighted by molar-refractivity contribution is 0.0531. The number of hydrogen-bond donors (Lipinski definition) is 1. The highest BCUT2D eigenvalue weighted by atomic mass is 32.2. The molecule has 0 amide bonds. The molecule has 0 bridgehead atoms. The zero-order valence-corrected chi connectivity index (χ0v) is 15.5. The molecule has 2 heterocycles. The van der Waals surface area contributed by atoms with E-state index in [9.17, 15) is 4.79 Å². The molecule has 3 rings (SSSR count). The van der Waals surface area contributed by atoms with Crippen LogP contribution in [0.1, 0.15) is 22.2 Å². The molecule has 3 aromatic rings. The second-order valence-electron chi connectivity index (χ2n) is 4.79. The molecule has 0 saturated heterocycles. The van der Waals surface area contributed by atoms with Gasteiger partial charge < -0.3 is 10.1 Å². The largest absolute Gasteiger partial charge is 0.462 e. The number of thiazole rings is 1. The van der Waals surface area contributed by atoms with Gasteiger partial charge in [-0.05, 0) is 43.9 Å². The minimum atomic E-state index is -0.267. The van der Waals surface area contributed by atoms with Crippen molar-refractivity contribution in [1.82, 2.24) is 4.98 Å². The molecule has 0 aliphatic rings. The Bertz CT molecular complexity index is 854. The number of carbonyl (C=O) groups excluding carboxylic acids is 1. The van der Waals surface area contributed by atoms with Gasteiger partial charge in [-0.1, -0.05) is 17.4 Å². The summed E-state index contributed by atoms with van der Waals surface area (Å²) in [7, 11) is 0. The number of thiophene rings is 1. The molecule has 120 valence electrons. The number of ether oxygens (including phenoxy) is 1. The van der Waals surface area contributed by atoms with Gasteiger partial charge in [-0.25, -0.2) is 9.78 Å². The van der Waals surface area contributed by atoms with E-state index >= 15 is 0 Å². The SMILES string of the molecule is CCOC(=O)c1sc(Nc2nc3c(SC)cccc3s2)cc1C. The number of fused-ring (bicyclic) bond motifs is 1. The molecule has 0 aliphatic heterocycles. The number of anilines is 2. The number of nitrogens with one attached hydrogen (secondary N) is 1. The predicted molar refractivity (Wildman–Crippen MR) is 99.7 cm³/mol. The predicted octanol–water partition coefficient (Wildman–Crippen LogP) is 5.31. The van der Waals surface area contributed by atoms with E-state index in [1.807, 2.05) is 26.0 Å². The second-order valence-corrected chi connectivity index (χ2v) is 7.73. The van der Waals surface area contributed by atoms with Crippen LogP contribution in [-0.4, -0.2) is 23.8 Å². The summed E-state index contributed by atoms with van der Waals surface area (Å²) in [5.74, 6) is -0.267. The highest BCUT2D eigenvalue weighted by Crippen LogP contribution is 2.36. The number of benzene rings is 1. The Balaban J connectivity index is 1.88. The standard InChI is InChI=1S/C16H16N2O2S3/c1-4-20-15(19)14-9(2)8-12(23-14)17-16-18-13-10(21-3)6-5-7-11(13)22-16/h5-8H,4H2,1-3H3,(H,17,18). The van der Waals surface area contributed by atoms with Crippen molar-refractivity contribution in [1.29, 1.82) is 0 Å². The molecule has 0 aliphatic carbocycles. The van der Waals surface area contributed by atoms with Gasteiger partial charge in [0, 0.05) is 4.90 Å². The van der Waals surface area contributed by atoms with Gasteiger partial charge in [-0.15, -0.1) is 23.1 Å². The molecule has 2 aromatic heterocycles. The fraction of sp³-hybridized carbons (Fsp3) is 0.250. The number of rotatable bonds is 5. The number of hydrogen-bond acceptors (Lipinski definition) is 7. The number of carbonyl (C=O) groups is 1. The van der Waals surface area contributed by atoms with Crippen molar-refractivity contribution in [2.45, 2.75) is 18.7 Å². The lowest BCUT2D eigenvalue weighted by Gasteiger charge is -1.99. The molecule has 4 nitrogen and oxygen atoms in total. The lowest BCUT2D eigenvalue weighted by Crippen LogP contribution is -2.03. The van der Waals surface area contributed by atoms with Crippen molar-refractivity contribution < 1.29 is 9.53 Å². The Morgan fingerprint density at radius 1 is 1.39 bits per heavy atom. The third-order valence-corrected chi connectivity index (χ3v) is 6.05. The van der Waals surface area contributed by atoms with Gasteiger partial charge in [0.25, 0.3) is 0 Å². The van der Waals surface area contributed by atoms with Crippen LogP contribution in [-0.2, 0) is 4.74 Å². The zero-order chi connectivity index (χ0) is 16.4. The van der Waals surface area contributed by atoms with E-state index in [1.54, 1.807) is 23.1 Å². The third kappa shape index (κ3) is 3.36. The quantitative estimate of drug-likeness (QED) is 0.491. The molecular weight excluding hydrogens is 348 g/mol. The van der Waals surface area contributed by atoms with Crippen LogP contribution in [0.3, 0.4) is 0 Å². The summed E-state index contributed by atoms with van der Waals surface area (Å²) in [4.78, 5) is 18.4. The molecule has 0 atom stereocenters. The Morgan fingerprint density at radius 3 is 2.96 bits per heavy atom. The van der Waals surface area contributed by atoms with E-state index in [-0.39, 0.29) is 5.97 Å². The minimum absolute atomic E-state index is 0.267. The molecule has 0 saturated carbocycles. The molecular formula is C16H16N2O2S3. The van der Waals surface area contributed by atoms with Gasteiger partial charge in [0.05, 0.1) is 21.8 Å². The van der Waals surface area contributed by atoms with Crippen LogP contribution < -0.4 is 5.32 Å². The smallest absolute Gasteiger partial charge is 0.348 e. The van der Waals surface area contributed by atoms with Crippen LogP contribution in [0.15, 0.2) is 29.2 Å². The van der Waals surface area contributed by atoms with Crippen molar-refractivity contribution in [3.05, 3.63) is 34.7 Å². The van der Waals surface area contributed by atoms with E-state index in [0.29, 0.717) is 11.5 Å². The molecule has 0 unspecified atom stereocenters. The fourth-order valence-corrected chi connectivity index (χ4v) is 4.75. The summed E-state index contributed by atoms with van der Waals surface area (Å²) in [5, 5.41) is 5.04. The summed E-state index contributed by atoms with van der Waals surface area (Å²) >= 11 is 4.70. The fourth-order valence-electron chi connectivity index (χ4n) is 2.19. The van der Waals surface area contributed by atoms with E-state index in [4.69, 9.17) is 4.74 Å². The number of thioether (sulfide) groups is 1. The van der Waals surface area contributed by atoms with E-state index in [2.05, 4.69) is 28.7 Å². The maximum Gasteiger partial charge on any atom is 0.348 e. The normalized spacial score (nSPS) is 10.9. The zero-order valence-electron chi connectivity index (χ0n) is 13.0. The van der Waals surface area contributed by atoms with Crippen molar-refractivity contribution in [2.75, 3.05) is 18.2 Å². The molecule has 0 radical (unpaired) electrons. The molecule has 1 N–H and O–H groups in total. The second kappa shape index (κ2) is 6.90. The average Bonchev–Trinajstić information content (AvgIpc) is 3.10. The first kappa shape index (κ1) is 16.3. The van der Waals surface area contributed by atoms with E-state index < -0.39 is 0 Å². The van der Waals surface area contributed by atoms with Crippen molar-refractivity contribution in [3.63, 3.8) is 0 Å². The van der Waals surface area contributed by atoms with Crippen molar-refractivity contribution in [3.8, 4) is 0 Å². The van der Waals surface area contributed by atoms with Crippen LogP contribution in [0.25, 0.3) is 10.2 Å². The van der Waals surface area contributed by atoms with Gasteiger partial charge in [0.15, 0.2) is 5.13 Å². The van der Waals surface area contributed by atoms with Gasteiger partial charge in [-0.2, -0.15) is 0 Å². The van der Waals surface area contributed by atoms with Gasteiger partial charge in [-0.3, -0.25) is 0 Å². The number of para-hydroxylation sites is 1. The van der Waals surface area contributed by atoms with Gasteiger partial charge in [0.2, 0.25) is 0 Å². The van der Waals surface area contributed by atoms with Crippen molar-refractivity contribution >= 4 is 60.8 Å². The summed E-state index contributed by atoms with van der Waals surface area (Å²) in [6, 6.07) is 8.15. The van der Waals surface area contributed by atoms with Crippen LogP contribution >= 0.6 is 34.4 Å². The summed E-state index contributed by atoms with van der Waals surface area (Å²) < 4.78 is 6.23. The van der Waals surface area contributed by atoms with Gasteiger partial charge in [0.1, 0.15) is 4.88 Å². The third-order valence-electron chi connectivity index (χ3n) is 3.21. The van der Waals surface area contributed by atoms with Crippen LogP contribution in [0, 0.1) is 6.92 Å². The summed E-state index contributed by atoms with van der Waals surface area (Å²) in [6.45, 7) is 4.11. The molecule has 7 heteroatoms. The van der Waals surface area contributed by atoms with E-state index in [1.165, 1.54) is 16.2 Å². The number of esters is 1. The number of nitrogens with zero attached hydrogens (tertiary/aromatic N) is 1. The number of aryl methyl sites for hydroxylation is 1. The highest BCUT2D eigenvalue weighted by molar-refractivity contribution is 7.98. The molecule has 0 fully saturated rings. The van der Waals surface area contributed by atoms with Crippen molar-refractivity contribution in [2.24, 2.45) is 0 Å². The first-order valence-electron chi connectivity index (χ1n) is 7.10. The Kier molecular flexibility index (Phi) is 4.89. The maximum absolute atomic E-state index is 11.9. The molecule has 23 heavy (non-hydrogen) atoms. The van der Waals surface area contributed by atoms with E-state index in [0.717, 1.165) is 25.9 Å². The lowest BCUT2D eigenvalue weighted by atomic mass is 10.3. The topological polar surface area (TPSA) is 51.2 Å². The van der Waals surface area contributed by atoms with Crippen LogP contribution in [0.4, 0.5) is 10.1 Å². The first-order chi connectivity index (χ1) is 11.1. The Hall–Kier alpha value is -1.57.